The highest BCUT2D eigenvalue weighted by Crippen LogP contribution is 2.26. The first-order valence-corrected chi connectivity index (χ1v) is 6.17. The van der Waals surface area contributed by atoms with Gasteiger partial charge < -0.3 is 10.1 Å². The Morgan fingerprint density at radius 1 is 1.56 bits per heavy atom. The SMILES string of the molecule is COC1CC(NCc2ccc(Cl)cc2[N+](=O)[O-])C1. The van der Waals surface area contributed by atoms with E-state index in [1.54, 1.807) is 19.2 Å². The number of hydrogen-bond donors (Lipinski definition) is 1. The van der Waals surface area contributed by atoms with Crippen molar-refractivity contribution in [1.82, 2.24) is 5.32 Å². The van der Waals surface area contributed by atoms with Gasteiger partial charge in [-0.05, 0) is 25.0 Å². The molecule has 0 amide bonds. The Hall–Kier alpha value is -1.17. The molecule has 0 aliphatic heterocycles. The van der Waals surface area contributed by atoms with Crippen molar-refractivity contribution in [2.75, 3.05) is 7.11 Å². The molecule has 1 aromatic carbocycles. The first-order chi connectivity index (χ1) is 8.60. The third kappa shape index (κ3) is 2.98. The van der Waals surface area contributed by atoms with E-state index in [9.17, 15) is 10.1 Å². The molecule has 0 unspecified atom stereocenters. The van der Waals surface area contributed by atoms with Gasteiger partial charge in [0, 0.05) is 36.3 Å². The van der Waals surface area contributed by atoms with Gasteiger partial charge in [0.05, 0.1) is 11.0 Å². The molecule has 0 heterocycles. The van der Waals surface area contributed by atoms with Crippen molar-refractivity contribution < 1.29 is 9.66 Å². The molecular weight excluding hydrogens is 256 g/mol. The fourth-order valence-electron chi connectivity index (χ4n) is 2.04. The summed E-state index contributed by atoms with van der Waals surface area (Å²) in [6.07, 6.45) is 2.23. The van der Waals surface area contributed by atoms with Gasteiger partial charge in [0.15, 0.2) is 0 Å². The van der Waals surface area contributed by atoms with Crippen LogP contribution in [-0.4, -0.2) is 24.2 Å². The van der Waals surface area contributed by atoms with Crippen LogP contribution in [0.4, 0.5) is 5.69 Å². The average molecular weight is 271 g/mol. The zero-order chi connectivity index (χ0) is 13.1. The van der Waals surface area contributed by atoms with E-state index in [-0.39, 0.29) is 5.69 Å². The number of methoxy groups -OCH3 is 1. The van der Waals surface area contributed by atoms with Crippen LogP contribution in [0.1, 0.15) is 18.4 Å². The monoisotopic (exact) mass is 270 g/mol. The van der Waals surface area contributed by atoms with E-state index in [1.807, 2.05) is 0 Å². The number of nitro benzene ring substituents is 1. The summed E-state index contributed by atoms with van der Waals surface area (Å²) in [5.41, 5.74) is 0.725. The van der Waals surface area contributed by atoms with E-state index in [2.05, 4.69) is 5.32 Å². The van der Waals surface area contributed by atoms with E-state index < -0.39 is 4.92 Å². The maximum Gasteiger partial charge on any atom is 0.275 e. The Balaban J connectivity index is 1.95. The second-order valence-corrected chi connectivity index (χ2v) is 4.87. The van der Waals surface area contributed by atoms with Crippen molar-refractivity contribution in [3.05, 3.63) is 38.9 Å². The Morgan fingerprint density at radius 2 is 2.28 bits per heavy atom. The van der Waals surface area contributed by atoms with Crippen LogP contribution in [0, 0.1) is 10.1 Å². The van der Waals surface area contributed by atoms with Gasteiger partial charge in [-0.2, -0.15) is 0 Å². The summed E-state index contributed by atoms with van der Waals surface area (Å²) in [7, 11) is 1.70. The summed E-state index contributed by atoms with van der Waals surface area (Å²) in [6.45, 7) is 0.481. The van der Waals surface area contributed by atoms with Crippen molar-refractivity contribution in [1.29, 1.82) is 0 Å². The van der Waals surface area contributed by atoms with Crippen LogP contribution in [0.25, 0.3) is 0 Å². The van der Waals surface area contributed by atoms with Gasteiger partial charge in [-0.1, -0.05) is 11.6 Å². The van der Waals surface area contributed by atoms with Crippen LogP contribution in [0.5, 0.6) is 0 Å². The molecule has 0 saturated heterocycles. The summed E-state index contributed by atoms with van der Waals surface area (Å²) in [5.74, 6) is 0. The van der Waals surface area contributed by atoms with Crippen LogP contribution in [0.15, 0.2) is 18.2 Å². The normalized spacial score (nSPS) is 22.6. The molecule has 2 rings (SSSR count). The first-order valence-electron chi connectivity index (χ1n) is 5.79. The summed E-state index contributed by atoms with van der Waals surface area (Å²) >= 11 is 5.76. The van der Waals surface area contributed by atoms with Crippen LogP contribution >= 0.6 is 11.6 Å². The molecular formula is C12H15ClN2O3. The predicted molar refractivity (Wildman–Crippen MR) is 68.8 cm³/mol. The highest BCUT2D eigenvalue weighted by atomic mass is 35.5. The standard InChI is InChI=1S/C12H15ClN2O3/c1-18-11-5-10(6-11)14-7-8-2-3-9(13)4-12(8)15(16)17/h2-4,10-11,14H,5-7H2,1H3. The molecule has 0 radical (unpaired) electrons. The Bertz CT molecular complexity index is 447. The fourth-order valence-corrected chi connectivity index (χ4v) is 2.20. The summed E-state index contributed by atoms with van der Waals surface area (Å²) < 4.78 is 5.18. The average Bonchev–Trinajstić information content (AvgIpc) is 2.28. The number of halogens is 1. The lowest BCUT2D eigenvalue weighted by molar-refractivity contribution is -0.385. The van der Waals surface area contributed by atoms with Gasteiger partial charge in [0.2, 0.25) is 0 Å². The van der Waals surface area contributed by atoms with E-state index in [4.69, 9.17) is 16.3 Å². The number of rotatable bonds is 5. The number of hydrogen-bond acceptors (Lipinski definition) is 4. The minimum Gasteiger partial charge on any atom is -0.381 e. The molecule has 1 fully saturated rings. The van der Waals surface area contributed by atoms with Crippen LogP contribution in [0.2, 0.25) is 5.02 Å². The first kappa shape index (κ1) is 13.3. The topological polar surface area (TPSA) is 64.4 Å². The van der Waals surface area contributed by atoms with E-state index >= 15 is 0 Å². The van der Waals surface area contributed by atoms with Crippen LogP contribution < -0.4 is 5.32 Å². The smallest absolute Gasteiger partial charge is 0.275 e. The van der Waals surface area contributed by atoms with Gasteiger partial charge in [0.1, 0.15) is 0 Å². The van der Waals surface area contributed by atoms with Gasteiger partial charge in [0.25, 0.3) is 5.69 Å². The minimum absolute atomic E-state index is 0.0672. The number of ether oxygens (including phenoxy) is 1. The fraction of sp³-hybridized carbons (Fsp3) is 0.500. The Morgan fingerprint density at radius 3 is 2.89 bits per heavy atom. The van der Waals surface area contributed by atoms with Crippen molar-refractivity contribution in [3.8, 4) is 0 Å². The lowest BCUT2D eigenvalue weighted by Crippen LogP contribution is -2.44. The third-order valence-corrected chi connectivity index (χ3v) is 3.49. The largest absolute Gasteiger partial charge is 0.381 e. The number of nitro groups is 1. The maximum absolute atomic E-state index is 10.9. The van der Waals surface area contributed by atoms with E-state index in [0.29, 0.717) is 29.3 Å². The van der Waals surface area contributed by atoms with Gasteiger partial charge in [-0.25, -0.2) is 0 Å². The number of benzene rings is 1. The van der Waals surface area contributed by atoms with Crippen molar-refractivity contribution >= 4 is 17.3 Å². The molecule has 1 N–H and O–H groups in total. The van der Waals surface area contributed by atoms with Gasteiger partial charge in [-0.15, -0.1) is 0 Å². The van der Waals surface area contributed by atoms with Crippen molar-refractivity contribution in [3.63, 3.8) is 0 Å². The lowest BCUT2D eigenvalue weighted by Gasteiger charge is -2.34. The molecule has 0 aromatic heterocycles. The summed E-state index contributed by atoms with van der Waals surface area (Å²) in [4.78, 5) is 10.5. The summed E-state index contributed by atoms with van der Waals surface area (Å²) in [6, 6.07) is 5.13. The molecule has 98 valence electrons. The Labute approximate surface area is 110 Å². The molecule has 18 heavy (non-hydrogen) atoms. The second-order valence-electron chi connectivity index (χ2n) is 4.44. The van der Waals surface area contributed by atoms with Crippen LogP contribution in [-0.2, 0) is 11.3 Å². The zero-order valence-electron chi connectivity index (χ0n) is 10.1. The minimum atomic E-state index is -0.401. The van der Waals surface area contributed by atoms with Crippen molar-refractivity contribution in [2.45, 2.75) is 31.5 Å². The van der Waals surface area contributed by atoms with Crippen LogP contribution in [0.3, 0.4) is 0 Å². The quantitative estimate of drug-likeness (QED) is 0.660. The predicted octanol–water partition coefficient (Wildman–Crippen LogP) is 2.52. The molecule has 1 saturated carbocycles. The van der Waals surface area contributed by atoms with E-state index in [0.717, 1.165) is 12.8 Å². The molecule has 1 aliphatic carbocycles. The molecule has 0 bridgehead atoms. The lowest BCUT2D eigenvalue weighted by atomic mass is 9.89. The molecule has 0 atom stereocenters. The molecule has 0 spiro atoms. The molecule has 1 aromatic rings. The highest BCUT2D eigenvalue weighted by molar-refractivity contribution is 6.30. The second kappa shape index (κ2) is 5.65. The van der Waals surface area contributed by atoms with Gasteiger partial charge in [-0.3, -0.25) is 10.1 Å². The van der Waals surface area contributed by atoms with Crippen molar-refractivity contribution in [2.24, 2.45) is 0 Å². The third-order valence-electron chi connectivity index (χ3n) is 3.25. The maximum atomic E-state index is 10.9. The number of nitrogens with one attached hydrogen (secondary N) is 1. The zero-order valence-corrected chi connectivity index (χ0v) is 10.8. The molecule has 5 nitrogen and oxygen atoms in total. The molecule has 1 aliphatic rings. The highest BCUT2D eigenvalue weighted by Gasteiger charge is 2.28. The van der Waals surface area contributed by atoms with Gasteiger partial charge >= 0.3 is 0 Å². The Kier molecular flexibility index (Phi) is 4.16. The molecule has 6 heteroatoms. The number of nitrogens with zero attached hydrogens (tertiary/aromatic N) is 1. The van der Waals surface area contributed by atoms with E-state index in [1.165, 1.54) is 6.07 Å². The summed E-state index contributed by atoms with van der Waals surface area (Å²) in [5, 5.41) is 14.6.